The molecule has 0 aliphatic heterocycles. The third-order valence-corrected chi connectivity index (χ3v) is 3.41. The van der Waals surface area contributed by atoms with Gasteiger partial charge in [0.15, 0.2) is 0 Å². The molecule has 112 valence electrons. The largest absolute Gasteiger partial charge is 0.457 e. The molecular formula is C17H21ClN2O. The number of hydrogen-bond acceptors (Lipinski definition) is 3. The lowest BCUT2D eigenvalue weighted by molar-refractivity contribution is 0.467. The number of aryl methyl sites for hydroxylation is 2. The first-order valence-electron chi connectivity index (χ1n) is 7.20. The predicted octanol–water partition coefficient (Wildman–Crippen LogP) is 4.64. The summed E-state index contributed by atoms with van der Waals surface area (Å²) in [5.41, 5.74) is 3.02. The Hall–Kier alpha value is -1.58. The van der Waals surface area contributed by atoms with E-state index in [1.807, 2.05) is 44.3 Å². The number of ether oxygens (including phenoxy) is 1. The lowest BCUT2D eigenvalue weighted by atomic mass is 10.2. The Morgan fingerprint density at radius 2 is 2.00 bits per heavy atom. The van der Waals surface area contributed by atoms with E-state index in [0.717, 1.165) is 52.9 Å². The maximum absolute atomic E-state index is 6.07. The van der Waals surface area contributed by atoms with E-state index in [-0.39, 0.29) is 0 Å². The SMILES string of the molecule is CCCNCc1cnc(C)cc1Oc1ccc(Cl)cc1C. The molecule has 1 N–H and O–H groups in total. The molecule has 0 aliphatic carbocycles. The smallest absolute Gasteiger partial charge is 0.135 e. The number of benzene rings is 1. The summed E-state index contributed by atoms with van der Waals surface area (Å²) in [7, 11) is 0. The number of aromatic nitrogens is 1. The van der Waals surface area contributed by atoms with Crippen molar-refractivity contribution < 1.29 is 4.74 Å². The van der Waals surface area contributed by atoms with Crippen LogP contribution >= 0.6 is 11.6 Å². The number of nitrogens with one attached hydrogen (secondary N) is 1. The normalized spacial score (nSPS) is 10.7. The van der Waals surface area contributed by atoms with Gasteiger partial charge in [-0.1, -0.05) is 18.5 Å². The molecule has 21 heavy (non-hydrogen) atoms. The van der Waals surface area contributed by atoms with Gasteiger partial charge >= 0.3 is 0 Å². The van der Waals surface area contributed by atoms with Crippen LogP contribution in [0.4, 0.5) is 0 Å². The molecule has 1 aromatic heterocycles. The van der Waals surface area contributed by atoms with Crippen LogP contribution < -0.4 is 10.1 Å². The number of halogens is 1. The molecule has 1 heterocycles. The molecule has 0 bridgehead atoms. The number of pyridine rings is 1. The average Bonchev–Trinajstić information content (AvgIpc) is 2.44. The summed E-state index contributed by atoms with van der Waals surface area (Å²) < 4.78 is 6.07. The zero-order valence-electron chi connectivity index (χ0n) is 12.7. The van der Waals surface area contributed by atoms with E-state index in [1.165, 1.54) is 0 Å². The van der Waals surface area contributed by atoms with Crippen molar-refractivity contribution in [2.24, 2.45) is 0 Å². The van der Waals surface area contributed by atoms with Gasteiger partial charge in [0, 0.05) is 35.1 Å². The maximum atomic E-state index is 6.07. The standard InChI is InChI=1S/C17H21ClN2O/c1-4-7-19-10-14-11-20-13(3)9-17(14)21-16-6-5-15(18)8-12(16)2/h5-6,8-9,11,19H,4,7,10H2,1-3H3. The van der Waals surface area contributed by atoms with Crippen molar-refractivity contribution in [3.05, 3.63) is 52.3 Å². The van der Waals surface area contributed by atoms with Gasteiger partial charge in [-0.2, -0.15) is 0 Å². The highest BCUT2D eigenvalue weighted by atomic mass is 35.5. The molecule has 0 radical (unpaired) electrons. The molecule has 0 saturated carbocycles. The average molecular weight is 305 g/mol. The third-order valence-electron chi connectivity index (χ3n) is 3.18. The van der Waals surface area contributed by atoms with Crippen molar-refractivity contribution in [2.45, 2.75) is 33.7 Å². The third kappa shape index (κ3) is 4.45. The fourth-order valence-electron chi connectivity index (χ4n) is 2.04. The van der Waals surface area contributed by atoms with E-state index >= 15 is 0 Å². The summed E-state index contributed by atoms with van der Waals surface area (Å²) in [5.74, 6) is 1.67. The predicted molar refractivity (Wildman–Crippen MR) is 87.2 cm³/mol. The van der Waals surface area contributed by atoms with Crippen LogP contribution in [0.15, 0.2) is 30.5 Å². The van der Waals surface area contributed by atoms with Crippen molar-refractivity contribution in [1.29, 1.82) is 0 Å². The van der Waals surface area contributed by atoms with E-state index in [0.29, 0.717) is 0 Å². The van der Waals surface area contributed by atoms with Crippen molar-refractivity contribution in [2.75, 3.05) is 6.54 Å². The molecule has 0 amide bonds. The highest BCUT2D eigenvalue weighted by Crippen LogP contribution is 2.29. The van der Waals surface area contributed by atoms with Crippen LogP contribution in [0.2, 0.25) is 5.02 Å². The molecule has 2 rings (SSSR count). The van der Waals surface area contributed by atoms with Gasteiger partial charge in [-0.3, -0.25) is 4.98 Å². The highest BCUT2D eigenvalue weighted by Gasteiger charge is 2.08. The lowest BCUT2D eigenvalue weighted by Crippen LogP contribution is -2.14. The molecule has 0 spiro atoms. The number of nitrogens with zero attached hydrogens (tertiary/aromatic N) is 1. The summed E-state index contributed by atoms with van der Waals surface area (Å²) in [5, 5.41) is 4.10. The number of hydrogen-bond donors (Lipinski definition) is 1. The van der Waals surface area contributed by atoms with Crippen LogP contribution in [0.1, 0.15) is 30.2 Å². The monoisotopic (exact) mass is 304 g/mol. The van der Waals surface area contributed by atoms with Crippen LogP contribution in [0.25, 0.3) is 0 Å². The Labute approximate surface area is 131 Å². The van der Waals surface area contributed by atoms with Crippen LogP contribution in [0.5, 0.6) is 11.5 Å². The minimum Gasteiger partial charge on any atom is -0.457 e. The van der Waals surface area contributed by atoms with E-state index in [4.69, 9.17) is 16.3 Å². The molecule has 2 aromatic rings. The number of rotatable bonds is 6. The van der Waals surface area contributed by atoms with E-state index in [9.17, 15) is 0 Å². The Kier molecular flexibility index (Phi) is 5.59. The van der Waals surface area contributed by atoms with Crippen molar-refractivity contribution >= 4 is 11.6 Å². The van der Waals surface area contributed by atoms with Gasteiger partial charge < -0.3 is 10.1 Å². The zero-order chi connectivity index (χ0) is 15.2. The fraction of sp³-hybridized carbons (Fsp3) is 0.353. The van der Waals surface area contributed by atoms with Crippen LogP contribution in [-0.2, 0) is 6.54 Å². The second kappa shape index (κ2) is 7.43. The van der Waals surface area contributed by atoms with E-state index < -0.39 is 0 Å². The summed E-state index contributed by atoms with van der Waals surface area (Å²) >= 11 is 5.99. The molecule has 1 aromatic carbocycles. The van der Waals surface area contributed by atoms with Gasteiger partial charge in [0.25, 0.3) is 0 Å². The minimum absolute atomic E-state index is 0.718. The van der Waals surface area contributed by atoms with Crippen LogP contribution in [-0.4, -0.2) is 11.5 Å². The topological polar surface area (TPSA) is 34.2 Å². The Bertz CT molecular complexity index is 614. The minimum atomic E-state index is 0.718. The van der Waals surface area contributed by atoms with Crippen molar-refractivity contribution in [3.63, 3.8) is 0 Å². The summed E-state index contributed by atoms with van der Waals surface area (Å²) in [6.45, 7) is 7.83. The van der Waals surface area contributed by atoms with Gasteiger partial charge in [-0.25, -0.2) is 0 Å². The highest BCUT2D eigenvalue weighted by molar-refractivity contribution is 6.30. The first-order chi connectivity index (χ1) is 10.1. The first kappa shape index (κ1) is 15.8. The lowest BCUT2D eigenvalue weighted by Gasteiger charge is -2.14. The quantitative estimate of drug-likeness (QED) is 0.789. The zero-order valence-corrected chi connectivity index (χ0v) is 13.5. The molecule has 3 nitrogen and oxygen atoms in total. The van der Waals surface area contributed by atoms with Gasteiger partial charge in [0.1, 0.15) is 11.5 Å². The van der Waals surface area contributed by atoms with Crippen LogP contribution in [0, 0.1) is 13.8 Å². The Balaban J connectivity index is 2.22. The maximum Gasteiger partial charge on any atom is 0.135 e. The molecule has 0 atom stereocenters. The summed E-state index contributed by atoms with van der Waals surface area (Å²) in [4.78, 5) is 4.36. The van der Waals surface area contributed by atoms with Gasteiger partial charge in [-0.05, 0) is 50.6 Å². The van der Waals surface area contributed by atoms with Gasteiger partial charge in [0.05, 0.1) is 0 Å². The van der Waals surface area contributed by atoms with Crippen LogP contribution in [0.3, 0.4) is 0 Å². The molecule has 4 heteroatoms. The molecule has 0 fully saturated rings. The second-order valence-electron chi connectivity index (χ2n) is 5.12. The van der Waals surface area contributed by atoms with E-state index in [2.05, 4.69) is 17.2 Å². The summed E-state index contributed by atoms with van der Waals surface area (Å²) in [6, 6.07) is 7.61. The van der Waals surface area contributed by atoms with E-state index in [1.54, 1.807) is 0 Å². The summed E-state index contributed by atoms with van der Waals surface area (Å²) in [6.07, 6.45) is 2.98. The van der Waals surface area contributed by atoms with Crippen molar-refractivity contribution in [1.82, 2.24) is 10.3 Å². The molecule has 0 aliphatic rings. The Morgan fingerprint density at radius 1 is 1.19 bits per heavy atom. The molecular weight excluding hydrogens is 284 g/mol. The van der Waals surface area contributed by atoms with Crippen molar-refractivity contribution in [3.8, 4) is 11.5 Å². The van der Waals surface area contributed by atoms with Gasteiger partial charge in [0.2, 0.25) is 0 Å². The molecule has 0 unspecified atom stereocenters. The van der Waals surface area contributed by atoms with Gasteiger partial charge in [-0.15, -0.1) is 0 Å². The fourth-order valence-corrected chi connectivity index (χ4v) is 2.26. The Morgan fingerprint density at radius 3 is 2.71 bits per heavy atom. The second-order valence-corrected chi connectivity index (χ2v) is 5.56. The first-order valence-corrected chi connectivity index (χ1v) is 7.58. The molecule has 0 saturated heterocycles.